The number of rotatable bonds is 11. The molecule has 0 radical (unpaired) electrons. The minimum Gasteiger partial charge on any atom is -0.354 e. The molecule has 0 fully saturated rings. The molecule has 0 aliphatic heterocycles. The summed E-state index contributed by atoms with van der Waals surface area (Å²) in [7, 11) is 0. The van der Waals surface area contributed by atoms with E-state index in [0.717, 1.165) is 27.8 Å². The van der Waals surface area contributed by atoms with Gasteiger partial charge in [-0.3, -0.25) is 9.59 Å². The van der Waals surface area contributed by atoms with Gasteiger partial charge in [-0.05, 0) is 48.6 Å². The number of halogens is 1. The fraction of sp³-hybridized carbons (Fsp3) is 0.417. The van der Waals surface area contributed by atoms with Gasteiger partial charge in [0, 0.05) is 23.3 Å². The van der Waals surface area contributed by atoms with Gasteiger partial charge in [-0.25, -0.2) is 0 Å². The van der Waals surface area contributed by atoms with E-state index in [0.29, 0.717) is 25.3 Å². The molecule has 30 heavy (non-hydrogen) atoms. The average Bonchev–Trinajstić information content (AvgIpc) is 2.74. The van der Waals surface area contributed by atoms with Gasteiger partial charge in [0.1, 0.15) is 6.04 Å². The lowest BCUT2D eigenvalue weighted by Crippen LogP contribution is -2.49. The Kier molecular flexibility index (Phi) is 10.4. The van der Waals surface area contributed by atoms with Crippen molar-refractivity contribution in [3.05, 3.63) is 69.7 Å². The predicted octanol–water partition coefficient (Wildman–Crippen LogP) is 5.32. The van der Waals surface area contributed by atoms with E-state index in [-0.39, 0.29) is 11.8 Å². The molecule has 1 atom stereocenters. The number of nitrogens with one attached hydrogen (secondary N) is 1. The molecular formula is C24H31BrN2O2S. The summed E-state index contributed by atoms with van der Waals surface area (Å²) in [4.78, 5) is 27.7. The van der Waals surface area contributed by atoms with Gasteiger partial charge in [-0.2, -0.15) is 0 Å². The zero-order valence-corrected chi connectivity index (χ0v) is 20.4. The first kappa shape index (κ1) is 24.5. The van der Waals surface area contributed by atoms with Crippen molar-refractivity contribution in [3.63, 3.8) is 0 Å². The van der Waals surface area contributed by atoms with Crippen molar-refractivity contribution < 1.29 is 9.59 Å². The molecular weight excluding hydrogens is 460 g/mol. The standard InChI is InChI=1S/C24H31BrN2O2S/c1-4-14-26-24(29)22(5-2)27(15-20-9-7-6-8-18(20)3)23(28)17-30-16-19-10-12-21(25)13-11-19/h6-13,22H,4-5,14-17H2,1-3H3,(H,26,29)/t22-/m1/s1. The fourth-order valence-electron chi connectivity index (χ4n) is 3.18. The Morgan fingerprint density at radius 2 is 1.80 bits per heavy atom. The monoisotopic (exact) mass is 490 g/mol. The summed E-state index contributed by atoms with van der Waals surface area (Å²) in [6.45, 7) is 7.10. The normalized spacial score (nSPS) is 11.7. The van der Waals surface area contributed by atoms with Crippen molar-refractivity contribution in [1.82, 2.24) is 10.2 Å². The molecule has 2 aromatic carbocycles. The molecule has 0 spiro atoms. The molecule has 162 valence electrons. The first-order valence-corrected chi connectivity index (χ1v) is 12.3. The highest BCUT2D eigenvalue weighted by Gasteiger charge is 2.28. The van der Waals surface area contributed by atoms with Crippen molar-refractivity contribution in [2.24, 2.45) is 0 Å². The van der Waals surface area contributed by atoms with Gasteiger partial charge in [0.25, 0.3) is 0 Å². The molecule has 2 amide bonds. The molecule has 0 bridgehead atoms. The minimum absolute atomic E-state index is 0.00105. The zero-order chi connectivity index (χ0) is 21.9. The van der Waals surface area contributed by atoms with Gasteiger partial charge in [0.15, 0.2) is 0 Å². The third kappa shape index (κ3) is 7.47. The maximum absolute atomic E-state index is 13.2. The Morgan fingerprint density at radius 3 is 2.43 bits per heavy atom. The third-order valence-electron chi connectivity index (χ3n) is 4.94. The van der Waals surface area contributed by atoms with Crippen LogP contribution in [0.25, 0.3) is 0 Å². The number of benzene rings is 2. The highest BCUT2D eigenvalue weighted by atomic mass is 79.9. The van der Waals surface area contributed by atoms with Crippen LogP contribution in [0.15, 0.2) is 53.0 Å². The van der Waals surface area contributed by atoms with E-state index >= 15 is 0 Å². The lowest BCUT2D eigenvalue weighted by Gasteiger charge is -2.31. The average molecular weight is 491 g/mol. The van der Waals surface area contributed by atoms with Gasteiger partial charge in [0.2, 0.25) is 11.8 Å². The third-order valence-corrected chi connectivity index (χ3v) is 6.46. The van der Waals surface area contributed by atoms with Crippen molar-refractivity contribution in [2.45, 2.75) is 52.0 Å². The summed E-state index contributed by atoms with van der Waals surface area (Å²) < 4.78 is 1.04. The number of aryl methyl sites for hydroxylation is 1. The second-order valence-corrected chi connectivity index (χ2v) is 9.18. The molecule has 0 saturated heterocycles. The fourth-order valence-corrected chi connectivity index (χ4v) is 4.31. The minimum atomic E-state index is -0.461. The van der Waals surface area contributed by atoms with Gasteiger partial charge in [-0.1, -0.05) is 66.2 Å². The lowest BCUT2D eigenvalue weighted by atomic mass is 10.1. The first-order chi connectivity index (χ1) is 14.5. The van der Waals surface area contributed by atoms with Gasteiger partial charge < -0.3 is 10.2 Å². The molecule has 4 nitrogen and oxygen atoms in total. The van der Waals surface area contributed by atoms with E-state index in [1.165, 1.54) is 5.56 Å². The highest BCUT2D eigenvalue weighted by molar-refractivity contribution is 9.10. The zero-order valence-electron chi connectivity index (χ0n) is 18.0. The van der Waals surface area contributed by atoms with E-state index < -0.39 is 6.04 Å². The number of amides is 2. The Labute approximate surface area is 192 Å². The van der Waals surface area contributed by atoms with Crippen LogP contribution in [-0.4, -0.2) is 35.1 Å². The van der Waals surface area contributed by atoms with Crippen LogP contribution in [0.2, 0.25) is 0 Å². The Hall–Kier alpha value is -1.79. The molecule has 2 aromatic rings. The number of hydrogen-bond donors (Lipinski definition) is 1. The molecule has 0 saturated carbocycles. The topological polar surface area (TPSA) is 49.4 Å². The predicted molar refractivity (Wildman–Crippen MR) is 129 cm³/mol. The summed E-state index contributed by atoms with van der Waals surface area (Å²) in [6, 6.07) is 15.7. The van der Waals surface area contributed by atoms with Crippen LogP contribution in [0.5, 0.6) is 0 Å². The number of carbonyl (C=O) groups is 2. The summed E-state index contributed by atoms with van der Waals surface area (Å²) in [6.07, 6.45) is 1.46. The smallest absolute Gasteiger partial charge is 0.242 e. The van der Waals surface area contributed by atoms with Crippen molar-refractivity contribution in [2.75, 3.05) is 12.3 Å². The van der Waals surface area contributed by atoms with Gasteiger partial charge in [-0.15, -0.1) is 11.8 Å². The van der Waals surface area contributed by atoms with Crippen LogP contribution < -0.4 is 5.32 Å². The molecule has 0 unspecified atom stereocenters. The van der Waals surface area contributed by atoms with Crippen LogP contribution in [0.3, 0.4) is 0 Å². The van der Waals surface area contributed by atoms with Crippen LogP contribution in [0.4, 0.5) is 0 Å². The molecule has 0 aromatic heterocycles. The Balaban J connectivity index is 2.11. The molecule has 0 aliphatic rings. The second kappa shape index (κ2) is 12.8. The molecule has 0 aliphatic carbocycles. The van der Waals surface area contributed by atoms with Crippen LogP contribution >= 0.6 is 27.7 Å². The van der Waals surface area contributed by atoms with Crippen LogP contribution in [0.1, 0.15) is 43.4 Å². The highest BCUT2D eigenvalue weighted by Crippen LogP contribution is 2.19. The second-order valence-electron chi connectivity index (χ2n) is 7.28. The van der Waals surface area contributed by atoms with E-state index in [1.54, 1.807) is 16.7 Å². The number of nitrogens with zero attached hydrogens (tertiary/aromatic N) is 1. The van der Waals surface area contributed by atoms with Gasteiger partial charge >= 0.3 is 0 Å². The van der Waals surface area contributed by atoms with E-state index in [1.807, 2.05) is 57.2 Å². The lowest BCUT2D eigenvalue weighted by molar-refractivity contribution is -0.139. The van der Waals surface area contributed by atoms with Gasteiger partial charge in [0.05, 0.1) is 5.75 Å². The summed E-state index contributed by atoms with van der Waals surface area (Å²) in [5, 5.41) is 2.96. The van der Waals surface area contributed by atoms with Crippen LogP contribution in [0, 0.1) is 6.92 Å². The van der Waals surface area contributed by atoms with Crippen molar-refractivity contribution in [1.29, 1.82) is 0 Å². The maximum Gasteiger partial charge on any atom is 0.242 e. The number of carbonyl (C=O) groups excluding carboxylic acids is 2. The maximum atomic E-state index is 13.2. The van der Waals surface area contributed by atoms with E-state index in [2.05, 4.69) is 33.4 Å². The number of thioether (sulfide) groups is 1. The van der Waals surface area contributed by atoms with Crippen molar-refractivity contribution >= 4 is 39.5 Å². The SMILES string of the molecule is CCCNC(=O)[C@@H](CC)N(Cc1ccccc1C)C(=O)CSCc1ccc(Br)cc1. The molecule has 0 heterocycles. The number of hydrogen-bond acceptors (Lipinski definition) is 3. The van der Waals surface area contributed by atoms with E-state index in [9.17, 15) is 9.59 Å². The van der Waals surface area contributed by atoms with Crippen LogP contribution in [-0.2, 0) is 21.9 Å². The summed E-state index contributed by atoms with van der Waals surface area (Å²) in [5.41, 5.74) is 3.38. The first-order valence-electron chi connectivity index (χ1n) is 10.4. The molecule has 6 heteroatoms. The molecule has 1 N–H and O–H groups in total. The quantitative estimate of drug-likeness (QED) is 0.463. The summed E-state index contributed by atoms with van der Waals surface area (Å²) in [5.74, 6) is 1.04. The van der Waals surface area contributed by atoms with E-state index in [4.69, 9.17) is 0 Å². The van der Waals surface area contributed by atoms with Crippen molar-refractivity contribution in [3.8, 4) is 0 Å². The largest absolute Gasteiger partial charge is 0.354 e. The Bertz CT molecular complexity index is 826. The summed E-state index contributed by atoms with van der Waals surface area (Å²) >= 11 is 5.03. The Morgan fingerprint density at radius 1 is 1.10 bits per heavy atom. The molecule has 2 rings (SSSR count).